The number of nitrogens with zero attached hydrogens (tertiary/aromatic N) is 1. The van der Waals surface area contributed by atoms with Crippen LogP contribution in [0.5, 0.6) is 0 Å². The van der Waals surface area contributed by atoms with Gasteiger partial charge in [0.15, 0.2) is 0 Å². The summed E-state index contributed by atoms with van der Waals surface area (Å²) in [5, 5.41) is 9.67. The first-order valence-corrected chi connectivity index (χ1v) is 4.00. The molecule has 0 saturated heterocycles. The Morgan fingerprint density at radius 3 is 2.92 bits per heavy atom. The van der Waals surface area contributed by atoms with Crippen LogP contribution in [0.25, 0.3) is 10.9 Å². The van der Waals surface area contributed by atoms with Crippen LogP contribution in [0.15, 0.2) is 18.3 Å². The lowest BCUT2D eigenvalue weighted by atomic mass is 10.1. The first-order chi connectivity index (χ1) is 6.24. The van der Waals surface area contributed by atoms with Gasteiger partial charge in [-0.15, -0.1) is 0 Å². The van der Waals surface area contributed by atoms with Crippen molar-refractivity contribution in [3.63, 3.8) is 0 Å². The second kappa shape index (κ2) is 2.53. The zero-order valence-electron chi connectivity index (χ0n) is 7.26. The molecule has 0 saturated carbocycles. The SMILES string of the molecule is Cc1ccc2c(C#N)c[nH]c2c1N. The Bertz CT molecular complexity index is 503. The quantitative estimate of drug-likeness (QED) is 0.595. The second-order valence-electron chi connectivity index (χ2n) is 3.03. The maximum atomic E-state index is 8.77. The molecule has 3 heteroatoms. The third-order valence-electron chi connectivity index (χ3n) is 2.23. The van der Waals surface area contributed by atoms with Crippen molar-refractivity contribution in [3.8, 4) is 6.07 Å². The lowest BCUT2D eigenvalue weighted by molar-refractivity contribution is 1.43. The fourth-order valence-corrected chi connectivity index (χ4v) is 1.42. The molecule has 0 bridgehead atoms. The van der Waals surface area contributed by atoms with Gasteiger partial charge in [0.25, 0.3) is 0 Å². The maximum Gasteiger partial charge on any atom is 0.101 e. The van der Waals surface area contributed by atoms with Crippen LogP contribution in [-0.2, 0) is 0 Å². The van der Waals surface area contributed by atoms with E-state index in [1.165, 1.54) is 0 Å². The van der Waals surface area contributed by atoms with Gasteiger partial charge in [-0.2, -0.15) is 5.26 Å². The number of fused-ring (bicyclic) bond motifs is 1. The average molecular weight is 171 g/mol. The molecule has 0 fully saturated rings. The Hall–Kier alpha value is -1.95. The van der Waals surface area contributed by atoms with E-state index in [4.69, 9.17) is 11.0 Å². The molecule has 2 aromatic rings. The van der Waals surface area contributed by atoms with E-state index in [0.29, 0.717) is 5.56 Å². The van der Waals surface area contributed by atoms with Crippen molar-refractivity contribution in [2.24, 2.45) is 0 Å². The molecule has 13 heavy (non-hydrogen) atoms. The topological polar surface area (TPSA) is 65.6 Å². The fraction of sp³-hybridized carbons (Fsp3) is 0.100. The third-order valence-corrected chi connectivity index (χ3v) is 2.23. The van der Waals surface area contributed by atoms with Crippen molar-refractivity contribution in [1.29, 1.82) is 5.26 Å². The number of hydrogen-bond donors (Lipinski definition) is 2. The van der Waals surface area contributed by atoms with Crippen LogP contribution < -0.4 is 5.73 Å². The van der Waals surface area contributed by atoms with E-state index in [-0.39, 0.29) is 0 Å². The highest BCUT2D eigenvalue weighted by Gasteiger charge is 2.06. The highest BCUT2D eigenvalue weighted by Crippen LogP contribution is 2.25. The van der Waals surface area contributed by atoms with Gasteiger partial charge in [-0.25, -0.2) is 0 Å². The van der Waals surface area contributed by atoms with Gasteiger partial charge in [-0.1, -0.05) is 12.1 Å². The Morgan fingerprint density at radius 2 is 2.23 bits per heavy atom. The number of anilines is 1. The first-order valence-electron chi connectivity index (χ1n) is 4.00. The maximum absolute atomic E-state index is 8.77. The zero-order chi connectivity index (χ0) is 9.42. The number of H-pyrrole nitrogens is 1. The molecule has 1 aromatic carbocycles. The number of hydrogen-bond acceptors (Lipinski definition) is 2. The molecule has 0 aliphatic heterocycles. The zero-order valence-corrected chi connectivity index (χ0v) is 7.26. The van der Waals surface area contributed by atoms with Crippen LogP contribution >= 0.6 is 0 Å². The van der Waals surface area contributed by atoms with Crippen molar-refractivity contribution in [2.45, 2.75) is 6.92 Å². The summed E-state index contributed by atoms with van der Waals surface area (Å²) in [5.41, 5.74) is 9.09. The number of aromatic amines is 1. The standard InChI is InChI=1S/C10H9N3/c1-6-2-3-8-7(4-11)5-13-10(8)9(6)12/h2-3,5,13H,12H2,1H3. The van der Waals surface area contributed by atoms with E-state index in [0.717, 1.165) is 22.2 Å². The summed E-state index contributed by atoms with van der Waals surface area (Å²) in [6.45, 7) is 1.95. The molecule has 0 unspecified atom stereocenters. The lowest BCUT2D eigenvalue weighted by Gasteiger charge is -2.00. The van der Waals surface area contributed by atoms with Crippen molar-refractivity contribution in [1.82, 2.24) is 4.98 Å². The minimum Gasteiger partial charge on any atom is -0.397 e. The molecule has 3 nitrogen and oxygen atoms in total. The van der Waals surface area contributed by atoms with Crippen molar-refractivity contribution < 1.29 is 0 Å². The number of nitrogens with two attached hydrogens (primary N) is 1. The summed E-state index contributed by atoms with van der Waals surface area (Å²) >= 11 is 0. The van der Waals surface area contributed by atoms with Gasteiger partial charge in [-0.3, -0.25) is 0 Å². The van der Waals surface area contributed by atoms with Gasteiger partial charge in [0.1, 0.15) is 6.07 Å². The Balaban J connectivity index is 2.91. The third kappa shape index (κ3) is 0.960. The molecule has 0 aliphatic carbocycles. The van der Waals surface area contributed by atoms with E-state index < -0.39 is 0 Å². The Morgan fingerprint density at radius 1 is 1.46 bits per heavy atom. The first kappa shape index (κ1) is 7.69. The van der Waals surface area contributed by atoms with Gasteiger partial charge in [-0.05, 0) is 12.5 Å². The Kier molecular flexibility index (Phi) is 1.49. The van der Waals surface area contributed by atoms with Gasteiger partial charge < -0.3 is 10.7 Å². The number of aromatic nitrogens is 1. The van der Waals surface area contributed by atoms with Gasteiger partial charge in [0.05, 0.1) is 16.8 Å². The normalized spacial score (nSPS) is 10.2. The van der Waals surface area contributed by atoms with Crippen LogP contribution in [0.4, 0.5) is 5.69 Å². The molecule has 0 amide bonds. The molecule has 2 rings (SSSR count). The molecular formula is C10H9N3. The molecule has 1 heterocycles. The molecule has 0 spiro atoms. The van der Waals surface area contributed by atoms with Gasteiger partial charge >= 0.3 is 0 Å². The van der Waals surface area contributed by atoms with Crippen LogP contribution in [0.3, 0.4) is 0 Å². The van der Waals surface area contributed by atoms with E-state index in [1.54, 1.807) is 6.20 Å². The molecule has 3 N–H and O–H groups in total. The summed E-state index contributed by atoms with van der Waals surface area (Å²) in [6, 6.07) is 5.95. The number of rotatable bonds is 0. The van der Waals surface area contributed by atoms with E-state index in [9.17, 15) is 0 Å². The number of nitriles is 1. The van der Waals surface area contributed by atoms with Gasteiger partial charge in [0.2, 0.25) is 0 Å². The van der Waals surface area contributed by atoms with E-state index in [2.05, 4.69) is 11.1 Å². The molecular weight excluding hydrogens is 162 g/mol. The molecule has 0 aliphatic rings. The second-order valence-corrected chi connectivity index (χ2v) is 3.03. The minimum absolute atomic E-state index is 0.640. The molecule has 64 valence electrons. The van der Waals surface area contributed by atoms with Crippen molar-refractivity contribution in [2.75, 3.05) is 5.73 Å². The van der Waals surface area contributed by atoms with E-state index >= 15 is 0 Å². The fourth-order valence-electron chi connectivity index (χ4n) is 1.42. The van der Waals surface area contributed by atoms with Crippen LogP contribution in [0.1, 0.15) is 11.1 Å². The predicted molar refractivity (Wildman–Crippen MR) is 52.2 cm³/mol. The number of nitrogens with one attached hydrogen (secondary N) is 1. The highest BCUT2D eigenvalue weighted by atomic mass is 14.7. The van der Waals surface area contributed by atoms with Crippen LogP contribution in [0, 0.1) is 18.3 Å². The van der Waals surface area contributed by atoms with Crippen molar-refractivity contribution >= 4 is 16.6 Å². The minimum atomic E-state index is 0.640. The molecule has 0 radical (unpaired) electrons. The lowest BCUT2D eigenvalue weighted by Crippen LogP contribution is -1.90. The van der Waals surface area contributed by atoms with Gasteiger partial charge in [0, 0.05) is 11.6 Å². The van der Waals surface area contributed by atoms with Crippen LogP contribution in [-0.4, -0.2) is 4.98 Å². The van der Waals surface area contributed by atoms with Crippen LogP contribution in [0.2, 0.25) is 0 Å². The number of aryl methyl sites for hydroxylation is 1. The summed E-state index contributed by atoms with van der Waals surface area (Å²) in [4.78, 5) is 3.00. The number of benzene rings is 1. The average Bonchev–Trinajstić information content (AvgIpc) is 2.55. The highest BCUT2D eigenvalue weighted by molar-refractivity contribution is 5.95. The summed E-state index contributed by atoms with van der Waals surface area (Å²) in [7, 11) is 0. The monoisotopic (exact) mass is 171 g/mol. The predicted octanol–water partition coefficient (Wildman–Crippen LogP) is 1.93. The number of nitrogen functional groups attached to an aromatic ring is 1. The summed E-state index contributed by atoms with van der Waals surface area (Å²) in [5.74, 6) is 0. The van der Waals surface area contributed by atoms with E-state index in [1.807, 2.05) is 19.1 Å². The molecule has 0 atom stereocenters. The Labute approximate surface area is 75.8 Å². The summed E-state index contributed by atoms with van der Waals surface area (Å²) < 4.78 is 0. The summed E-state index contributed by atoms with van der Waals surface area (Å²) in [6.07, 6.45) is 1.68. The van der Waals surface area contributed by atoms with Crippen molar-refractivity contribution in [3.05, 3.63) is 29.5 Å². The smallest absolute Gasteiger partial charge is 0.101 e. The molecule has 1 aromatic heterocycles. The largest absolute Gasteiger partial charge is 0.397 e.